The lowest BCUT2D eigenvalue weighted by molar-refractivity contribution is -0.161. The van der Waals surface area contributed by atoms with Crippen LogP contribution in [0.4, 0.5) is 5.69 Å². The van der Waals surface area contributed by atoms with Gasteiger partial charge < -0.3 is 9.64 Å². The molecule has 6 nitrogen and oxygen atoms in total. The van der Waals surface area contributed by atoms with Crippen molar-refractivity contribution in [3.63, 3.8) is 0 Å². The van der Waals surface area contributed by atoms with Gasteiger partial charge in [0.25, 0.3) is 5.91 Å². The molecule has 1 fully saturated rings. The number of fused-ring (bicyclic) bond motifs is 4. The Morgan fingerprint density at radius 1 is 1.07 bits per heavy atom. The van der Waals surface area contributed by atoms with Gasteiger partial charge in [-0.2, -0.15) is 0 Å². The Morgan fingerprint density at radius 3 is 2.63 bits per heavy atom. The Morgan fingerprint density at radius 2 is 1.80 bits per heavy atom. The van der Waals surface area contributed by atoms with Gasteiger partial charge in [0, 0.05) is 30.8 Å². The van der Waals surface area contributed by atoms with Gasteiger partial charge in [0.15, 0.2) is 11.0 Å². The second kappa shape index (κ2) is 7.16. The third-order valence-electron chi connectivity index (χ3n) is 6.07. The van der Waals surface area contributed by atoms with Crippen LogP contribution in [0.25, 0.3) is 0 Å². The van der Waals surface area contributed by atoms with Crippen LogP contribution < -0.4 is 4.90 Å². The molecule has 3 heterocycles. The minimum Gasteiger partial charge on any atom is -0.450 e. The molecule has 0 radical (unpaired) electrons. The maximum atomic E-state index is 13.3. The highest BCUT2D eigenvalue weighted by atomic mass is 32.2. The van der Waals surface area contributed by atoms with Crippen molar-refractivity contribution in [3.05, 3.63) is 59.7 Å². The molecule has 0 aromatic heterocycles. The van der Waals surface area contributed by atoms with E-state index < -0.39 is 16.9 Å². The van der Waals surface area contributed by atoms with Gasteiger partial charge in [-0.25, -0.2) is 4.79 Å². The molecule has 2 aromatic rings. The van der Waals surface area contributed by atoms with E-state index in [4.69, 9.17) is 4.74 Å². The van der Waals surface area contributed by atoms with Gasteiger partial charge >= 0.3 is 5.97 Å². The molecule has 5 rings (SSSR count). The lowest BCUT2D eigenvalue weighted by atomic mass is 9.99. The number of ether oxygens (including phenoxy) is 1. The van der Waals surface area contributed by atoms with Crippen LogP contribution in [-0.4, -0.2) is 40.2 Å². The summed E-state index contributed by atoms with van der Waals surface area (Å²) in [5.74, 6) is -0.811. The number of carbonyl (C=O) groups excluding carboxylic acids is 3. The lowest BCUT2D eigenvalue weighted by Gasteiger charge is -2.33. The Hall–Kier alpha value is -2.80. The molecule has 0 N–H and O–H groups in total. The molecule has 2 amide bonds. The van der Waals surface area contributed by atoms with Crippen molar-refractivity contribution in [1.29, 1.82) is 0 Å². The number of esters is 1. The second-order valence-electron chi connectivity index (χ2n) is 7.91. The minimum atomic E-state index is -1.11. The second-order valence-corrected chi connectivity index (χ2v) is 9.23. The predicted octanol–water partition coefficient (Wildman–Crippen LogP) is 3.13. The molecule has 2 aromatic carbocycles. The molecular weight excluding hydrogens is 400 g/mol. The van der Waals surface area contributed by atoms with Crippen LogP contribution in [-0.2, 0) is 32.1 Å². The first-order chi connectivity index (χ1) is 14.5. The van der Waals surface area contributed by atoms with E-state index >= 15 is 0 Å². The molecule has 3 aliphatic heterocycles. The molecule has 3 aliphatic rings. The number of hydrogen-bond donors (Lipinski definition) is 0. The molecule has 0 aliphatic carbocycles. The first kappa shape index (κ1) is 19.2. The number of hydrogen-bond acceptors (Lipinski definition) is 5. The van der Waals surface area contributed by atoms with Gasteiger partial charge in [-0.05, 0) is 36.6 Å². The fourth-order valence-corrected chi connectivity index (χ4v) is 5.92. The monoisotopic (exact) mass is 422 g/mol. The Labute approximate surface area is 179 Å². The van der Waals surface area contributed by atoms with Crippen LogP contribution in [0.2, 0.25) is 0 Å². The van der Waals surface area contributed by atoms with E-state index in [-0.39, 0.29) is 11.8 Å². The van der Waals surface area contributed by atoms with Crippen molar-refractivity contribution in [2.24, 2.45) is 0 Å². The number of amides is 2. The summed E-state index contributed by atoms with van der Waals surface area (Å²) in [5.41, 5.74) is 3.13. The molecule has 0 bridgehead atoms. The molecule has 0 saturated carbocycles. The first-order valence-electron chi connectivity index (χ1n) is 10.2. The van der Waals surface area contributed by atoms with Crippen molar-refractivity contribution >= 4 is 35.2 Å². The molecule has 1 saturated heterocycles. The molecular formula is C23H22N2O4S. The van der Waals surface area contributed by atoms with E-state index in [1.54, 1.807) is 16.7 Å². The molecule has 2 atom stereocenters. The number of thioether (sulfide) groups is 1. The van der Waals surface area contributed by atoms with Crippen LogP contribution in [0, 0.1) is 0 Å². The minimum absolute atomic E-state index is 0.0870. The summed E-state index contributed by atoms with van der Waals surface area (Å²) in [6.45, 7) is 2.74. The van der Waals surface area contributed by atoms with Crippen LogP contribution in [0.5, 0.6) is 0 Å². The average Bonchev–Trinajstić information content (AvgIpc) is 3.28. The van der Waals surface area contributed by atoms with Gasteiger partial charge in [0.2, 0.25) is 5.91 Å². The Balaban J connectivity index is 1.32. The van der Waals surface area contributed by atoms with Crippen molar-refractivity contribution in [3.8, 4) is 0 Å². The van der Waals surface area contributed by atoms with Crippen LogP contribution in [0.3, 0.4) is 0 Å². The molecule has 7 heteroatoms. The summed E-state index contributed by atoms with van der Waals surface area (Å²) < 4.78 is 5.68. The fourth-order valence-electron chi connectivity index (χ4n) is 4.52. The lowest BCUT2D eigenvalue weighted by Crippen LogP contribution is -2.50. The van der Waals surface area contributed by atoms with E-state index in [9.17, 15) is 14.4 Å². The highest BCUT2D eigenvalue weighted by molar-refractivity contribution is 8.02. The third-order valence-corrected chi connectivity index (χ3v) is 7.52. The average molecular weight is 423 g/mol. The van der Waals surface area contributed by atoms with E-state index in [1.807, 2.05) is 42.5 Å². The summed E-state index contributed by atoms with van der Waals surface area (Å²) in [6, 6.07) is 15.6. The highest BCUT2D eigenvalue weighted by Gasteiger charge is 2.59. The number of anilines is 1. The zero-order valence-electron chi connectivity index (χ0n) is 16.7. The van der Waals surface area contributed by atoms with E-state index in [0.717, 1.165) is 22.6 Å². The van der Waals surface area contributed by atoms with Crippen LogP contribution in [0.15, 0.2) is 53.4 Å². The molecule has 2 unspecified atom stereocenters. The van der Waals surface area contributed by atoms with Crippen molar-refractivity contribution < 1.29 is 19.1 Å². The van der Waals surface area contributed by atoms with Crippen molar-refractivity contribution in [2.75, 3.05) is 11.4 Å². The first-order valence-corrected chi connectivity index (χ1v) is 11.0. The van der Waals surface area contributed by atoms with Crippen LogP contribution >= 0.6 is 11.8 Å². The number of benzene rings is 2. The SMILES string of the molecule is CC(OC(=O)C12CCC(=O)N1c1ccccc1S2)C(=O)N1CCc2ccccc2C1. The third kappa shape index (κ3) is 2.91. The van der Waals surface area contributed by atoms with Crippen LogP contribution in [0.1, 0.15) is 30.9 Å². The summed E-state index contributed by atoms with van der Waals surface area (Å²) in [7, 11) is 0. The highest BCUT2D eigenvalue weighted by Crippen LogP contribution is 2.56. The molecule has 154 valence electrons. The quantitative estimate of drug-likeness (QED) is 0.711. The smallest absolute Gasteiger partial charge is 0.344 e. The van der Waals surface area contributed by atoms with E-state index in [1.165, 1.54) is 17.3 Å². The normalized spacial score (nSPS) is 22.9. The van der Waals surface area contributed by atoms with Gasteiger partial charge in [-0.1, -0.05) is 48.2 Å². The molecule has 0 spiro atoms. The van der Waals surface area contributed by atoms with E-state index in [2.05, 4.69) is 6.07 Å². The Kier molecular flexibility index (Phi) is 4.58. The van der Waals surface area contributed by atoms with Crippen molar-refractivity contribution in [1.82, 2.24) is 4.90 Å². The number of para-hydroxylation sites is 1. The number of rotatable bonds is 3. The van der Waals surface area contributed by atoms with Gasteiger partial charge in [-0.3, -0.25) is 14.5 Å². The summed E-state index contributed by atoms with van der Waals surface area (Å²) in [5, 5.41) is 0. The number of carbonyl (C=O) groups is 3. The largest absolute Gasteiger partial charge is 0.450 e. The standard InChI is InChI=1S/C23H22N2O4S/c1-15(21(27)24-13-11-16-6-2-3-7-17(16)14-24)29-22(28)23-12-10-20(26)25(23)18-8-4-5-9-19(18)30-23/h2-9,15H,10-14H2,1H3. The zero-order valence-corrected chi connectivity index (χ0v) is 17.5. The number of nitrogens with zero attached hydrogens (tertiary/aromatic N) is 2. The summed E-state index contributed by atoms with van der Waals surface area (Å²) in [6.07, 6.45) is 0.558. The van der Waals surface area contributed by atoms with Gasteiger partial charge in [0.05, 0.1) is 5.69 Å². The van der Waals surface area contributed by atoms with Gasteiger partial charge in [0.1, 0.15) is 0 Å². The Bertz CT molecular complexity index is 1060. The maximum absolute atomic E-state index is 13.3. The topological polar surface area (TPSA) is 66.9 Å². The summed E-state index contributed by atoms with van der Waals surface area (Å²) >= 11 is 1.35. The summed E-state index contributed by atoms with van der Waals surface area (Å²) in [4.78, 5) is 41.9. The van der Waals surface area contributed by atoms with Crippen molar-refractivity contribution in [2.45, 2.75) is 48.6 Å². The predicted molar refractivity (Wildman–Crippen MR) is 113 cm³/mol. The van der Waals surface area contributed by atoms with E-state index in [0.29, 0.717) is 25.9 Å². The molecule has 30 heavy (non-hydrogen) atoms. The van der Waals surface area contributed by atoms with Gasteiger partial charge in [-0.15, -0.1) is 0 Å². The maximum Gasteiger partial charge on any atom is 0.344 e. The zero-order chi connectivity index (χ0) is 20.9. The fraction of sp³-hybridized carbons (Fsp3) is 0.348.